The largest absolute Gasteiger partial charge is 0.492 e. The summed E-state index contributed by atoms with van der Waals surface area (Å²) in [5.41, 5.74) is 0.800. The zero-order chi connectivity index (χ0) is 21.3. The lowest BCUT2D eigenvalue weighted by Gasteiger charge is -2.38. The van der Waals surface area contributed by atoms with Crippen molar-refractivity contribution in [3.8, 4) is 5.75 Å². The van der Waals surface area contributed by atoms with Gasteiger partial charge in [-0.05, 0) is 100 Å². The van der Waals surface area contributed by atoms with Crippen LogP contribution >= 0.6 is 11.6 Å². The molecule has 1 aromatic carbocycles. The number of hydrogen-bond acceptors (Lipinski definition) is 1. The molecule has 0 aromatic heterocycles. The van der Waals surface area contributed by atoms with Crippen LogP contribution in [0.25, 0.3) is 0 Å². The van der Waals surface area contributed by atoms with Crippen molar-refractivity contribution < 1.29 is 9.13 Å². The summed E-state index contributed by atoms with van der Waals surface area (Å²) in [7, 11) is 0. The van der Waals surface area contributed by atoms with Crippen molar-refractivity contribution in [2.45, 2.75) is 96.8 Å². The van der Waals surface area contributed by atoms with Crippen molar-refractivity contribution in [3.63, 3.8) is 0 Å². The number of rotatable bonds is 9. The van der Waals surface area contributed by atoms with Gasteiger partial charge in [0.25, 0.3) is 0 Å². The molecule has 0 bridgehead atoms. The Bertz CT molecular complexity index is 670. The number of ether oxygens (including phenoxy) is 1. The maximum atomic E-state index is 15.0. The molecule has 2 aliphatic carbocycles. The number of unbranched alkanes of at least 4 members (excludes halogenated alkanes) is 1. The summed E-state index contributed by atoms with van der Waals surface area (Å²) in [6, 6.07) is 3.79. The number of allylic oxidation sites excluding steroid dienone is 2. The molecule has 1 nitrogen and oxygen atoms in total. The molecule has 0 spiro atoms. The molecule has 0 amide bonds. The maximum Gasteiger partial charge on any atom is 0.149 e. The van der Waals surface area contributed by atoms with E-state index in [9.17, 15) is 4.39 Å². The molecular formula is C27H40ClFO. The molecule has 0 N–H and O–H groups in total. The van der Waals surface area contributed by atoms with Gasteiger partial charge in [0.15, 0.2) is 0 Å². The highest BCUT2D eigenvalue weighted by molar-refractivity contribution is 6.32. The molecule has 168 valence electrons. The van der Waals surface area contributed by atoms with Gasteiger partial charge in [0.2, 0.25) is 0 Å². The van der Waals surface area contributed by atoms with Gasteiger partial charge in [0, 0.05) is 0 Å². The average Bonchev–Trinajstić information content (AvgIpc) is 2.78. The van der Waals surface area contributed by atoms with Crippen LogP contribution in [0.5, 0.6) is 5.75 Å². The van der Waals surface area contributed by atoms with Gasteiger partial charge in [-0.15, -0.1) is 0 Å². The fraction of sp³-hybridized carbons (Fsp3) is 0.704. The van der Waals surface area contributed by atoms with Gasteiger partial charge < -0.3 is 4.74 Å². The third-order valence-electron chi connectivity index (χ3n) is 7.58. The first-order valence-electron chi connectivity index (χ1n) is 12.4. The minimum atomic E-state index is -0.254. The first-order chi connectivity index (χ1) is 14.6. The number of hydrogen-bond donors (Lipinski definition) is 0. The molecular weight excluding hydrogens is 395 g/mol. The Labute approximate surface area is 188 Å². The summed E-state index contributed by atoms with van der Waals surface area (Å²) in [6.45, 7) is 4.82. The Kier molecular flexibility index (Phi) is 9.56. The highest BCUT2D eigenvalue weighted by Gasteiger charge is 2.32. The van der Waals surface area contributed by atoms with E-state index in [1.165, 1.54) is 51.4 Å². The standard InChI is InChI=1S/C27H40ClFO/c1-3-5-7-8-20-9-11-21(12-10-20)22-13-15-23(16-14-22)24-17-18-25(26(28)27(24)29)30-19-6-4-2/h3,5,17-18,20-23H,4,6-16,19H2,1-2H3. The highest BCUT2D eigenvalue weighted by Crippen LogP contribution is 2.46. The lowest BCUT2D eigenvalue weighted by molar-refractivity contribution is 0.156. The smallest absolute Gasteiger partial charge is 0.149 e. The molecule has 1 aromatic rings. The molecule has 2 fully saturated rings. The van der Waals surface area contributed by atoms with Crippen molar-refractivity contribution >= 4 is 11.6 Å². The Morgan fingerprint density at radius 3 is 2.33 bits per heavy atom. The Morgan fingerprint density at radius 2 is 1.70 bits per heavy atom. The Balaban J connectivity index is 1.48. The minimum Gasteiger partial charge on any atom is -0.492 e. The van der Waals surface area contributed by atoms with Crippen molar-refractivity contribution in [1.82, 2.24) is 0 Å². The topological polar surface area (TPSA) is 9.23 Å². The van der Waals surface area contributed by atoms with Gasteiger partial charge in [-0.25, -0.2) is 4.39 Å². The van der Waals surface area contributed by atoms with Crippen LogP contribution in [0.4, 0.5) is 4.39 Å². The summed E-state index contributed by atoms with van der Waals surface area (Å²) < 4.78 is 20.6. The zero-order valence-electron chi connectivity index (χ0n) is 19.0. The highest BCUT2D eigenvalue weighted by atomic mass is 35.5. The molecule has 0 heterocycles. The van der Waals surface area contributed by atoms with Crippen LogP contribution < -0.4 is 4.74 Å². The van der Waals surface area contributed by atoms with Crippen LogP contribution in [0.3, 0.4) is 0 Å². The lowest BCUT2D eigenvalue weighted by atomic mass is 9.68. The van der Waals surface area contributed by atoms with Gasteiger partial charge >= 0.3 is 0 Å². The summed E-state index contributed by atoms with van der Waals surface area (Å²) in [5, 5.41) is 0.168. The maximum absolute atomic E-state index is 15.0. The second-order valence-electron chi connectivity index (χ2n) is 9.52. The summed E-state index contributed by atoms with van der Waals surface area (Å²) >= 11 is 6.30. The molecule has 0 saturated heterocycles. The molecule has 0 radical (unpaired) electrons. The van der Waals surface area contributed by atoms with Crippen LogP contribution in [0, 0.1) is 23.6 Å². The van der Waals surface area contributed by atoms with E-state index >= 15 is 0 Å². The van der Waals surface area contributed by atoms with Crippen LogP contribution in [-0.4, -0.2) is 6.61 Å². The van der Waals surface area contributed by atoms with Crippen molar-refractivity contribution in [2.75, 3.05) is 6.61 Å². The predicted octanol–water partition coefficient (Wildman–Crippen LogP) is 9.09. The fourth-order valence-corrected chi connectivity index (χ4v) is 5.88. The normalized spacial score (nSPS) is 27.5. The zero-order valence-corrected chi connectivity index (χ0v) is 19.7. The molecule has 0 aliphatic heterocycles. The molecule has 0 unspecified atom stereocenters. The predicted molar refractivity (Wildman–Crippen MR) is 126 cm³/mol. The first-order valence-corrected chi connectivity index (χ1v) is 12.7. The third kappa shape index (κ3) is 6.25. The number of halogens is 2. The lowest BCUT2D eigenvalue weighted by Crippen LogP contribution is -2.25. The van der Waals surface area contributed by atoms with Crippen molar-refractivity contribution in [1.29, 1.82) is 0 Å². The van der Waals surface area contributed by atoms with Crippen LogP contribution in [0.1, 0.15) is 102 Å². The van der Waals surface area contributed by atoms with Gasteiger partial charge in [0.05, 0.1) is 6.61 Å². The van der Waals surface area contributed by atoms with E-state index in [4.69, 9.17) is 16.3 Å². The third-order valence-corrected chi connectivity index (χ3v) is 7.93. The van der Waals surface area contributed by atoms with E-state index in [0.717, 1.165) is 49.0 Å². The molecule has 30 heavy (non-hydrogen) atoms. The van der Waals surface area contributed by atoms with E-state index in [0.29, 0.717) is 18.3 Å². The Hall–Kier alpha value is -1.02. The minimum absolute atomic E-state index is 0.168. The van der Waals surface area contributed by atoms with Crippen LogP contribution in [0.15, 0.2) is 24.3 Å². The summed E-state index contributed by atoms with van der Waals surface area (Å²) in [6.07, 6.45) is 19.4. The second kappa shape index (κ2) is 12.1. The van der Waals surface area contributed by atoms with E-state index in [2.05, 4.69) is 26.0 Å². The number of benzene rings is 1. The Morgan fingerprint density at radius 1 is 1.03 bits per heavy atom. The fourth-order valence-electron chi connectivity index (χ4n) is 5.65. The van der Waals surface area contributed by atoms with Crippen LogP contribution in [0.2, 0.25) is 5.02 Å². The average molecular weight is 435 g/mol. The van der Waals surface area contributed by atoms with Crippen molar-refractivity contribution in [3.05, 3.63) is 40.7 Å². The van der Waals surface area contributed by atoms with Gasteiger partial charge in [-0.2, -0.15) is 0 Å². The van der Waals surface area contributed by atoms with E-state index in [1.807, 2.05) is 12.1 Å². The van der Waals surface area contributed by atoms with Crippen molar-refractivity contribution in [2.24, 2.45) is 17.8 Å². The first kappa shape index (κ1) is 23.6. The van der Waals surface area contributed by atoms with E-state index in [1.54, 1.807) is 0 Å². The monoisotopic (exact) mass is 434 g/mol. The summed E-state index contributed by atoms with van der Waals surface area (Å²) in [5.74, 6) is 3.21. The molecule has 2 saturated carbocycles. The second-order valence-corrected chi connectivity index (χ2v) is 9.90. The van der Waals surface area contributed by atoms with Gasteiger partial charge in [-0.3, -0.25) is 0 Å². The summed E-state index contributed by atoms with van der Waals surface area (Å²) in [4.78, 5) is 0. The van der Waals surface area contributed by atoms with Gasteiger partial charge in [0.1, 0.15) is 16.6 Å². The van der Waals surface area contributed by atoms with Gasteiger partial charge in [-0.1, -0.05) is 56.0 Å². The molecule has 3 heteroatoms. The van der Waals surface area contributed by atoms with E-state index < -0.39 is 0 Å². The molecule has 0 atom stereocenters. The van der Waals surface area contributed by atoms with E-state index in [-0.39, 0.29) is 10.8 Å². The SMILES string of the molecule is CC=CCCC1CCC(C2CCC(c3ccc(OCCCC)c(Cl)c3F)CC2)CC1. The quantitative estimate of drug-likeness (QED) is 0.278. The molecule has 3 rings (SSSR count). The molecule has 2 aliphatic rings. The van der Waals surface area contributed by atoms with Crippen LogP contribution in [-0.2, 0) is 0 Å².